The molecule has 1 aromatic heterocycles. The van der Waals surface area contributed by atoms with E-state index in [4.69, 9.17) is 4.74 Å². The molecule has 4 aromatic carbocycles. The Kier molecular flexibility index (Phi) is 14.0. The number of benzene rings is 4. The van der Waals surface area contributed by atoms with Crippen LogP contribution in [0.4, 0.5) is 27.6 Å². The van der Waals surface area contributed by atoms with Crippen molar-refractivity contribution in [2.24, 2.45) is 5.92 Å². The Morgan fingerprint density at radius 1 is 0.773 bits per heavy atom. The van der Waals surface area contributed by atoms with Crippen molar-refractivity contribution in [1.29, 1.82) is 0 Å². The first-order valence-electron chi connectivity index (χ1n) is 21.9. The fourth-order valence-corrected chi connectivity index (χ4v) is 9.01. The molecule has 19 heteroatoms. The number of piperidine rings is 1. The first-order valence-corrected chi connectivity index (χ1v) is 21.9. The number of nitrogens with zero attached hydrogens (tertiary/aromatic N) is 7. The van der Waals surface area contributed by atoms with Gasteiger partial charge in [0.1, 0.15) is 24.0 Å². The molecule has 4 heterocycles. The summed E-state index contributed by atoms with van der Waals surface area (Å²) in [6, 6.07) is 18.3. The van der Waals surface area contributed by atoms with Gasteiger partial charge in [-0.05, 0) is 79.4 Å². The molecule has 66 heavy (non-hydrogen) atoms. The van der Waals surface area contributed by atoms with Crippen LogP contribution in [0.15, 0.2) is 83.7 Å². The third kappa shape index (κ3) is 11.0. The number of rotatable bonds is 13. The van der Waals surface area contributed by atoms with Crippen molar-refractivity contribution in [3.63, 3.8) is 0 Å². The molecule has 0 unspecified atom stereocenters. The molecule has 2 amide bonds. The minimum Gasteiger partial charge on any atom is -0.489 e. The summed E-state index contributed by atoms with van der Waals surface area (Å²) < 4.78 is 74.5. The lowest BCUT2D eigenvalue weighted by Crippen LogP contribution is -2.55. The van der Waals surface area contributed by atoms with Crippen LogP contribution in [-0.4, -0.2) is 130 Å². The molecule has 3 fully saturated rings. The van der Waals surface area contributed by atoms with Gasteiger partial charge in [-0.25, -0.2) is 13.9 Å². The highest BCUT2D eigenvalue weighted by Gasteiger charge is 2.34. The Labute approximate surface area is 376 Å². The SMILES string of the molecule is O=C(CN1CCN(CC2CCN(Cc3cc([N+](=O)[O-])ccc3OCc3ccc(F)c(C(F)(F)F)c3)CC2)CC1)N1CCN(C(=O)c2cc(Cc3n[nH]c(=O)c4ccccc34)ccc2F)CC1. The molecule has 0 atom stereocenters. The van der Waals surface area contributed by atoms with Crippen LogP contribution in [0.1, 0.15) is 51.1 Å². The van der Waals surface area contributed by atoms with Crippen LogP contribution in [0.3, 0.4) is 0 Å². The van der Waals surface area contributed by atoms with E-state index in [1.165, 1.54) is 36.4 Å². The Morgan fingerprint density at radius 2 is 1.44 bits per heavy atom. The largest absolute Gasteiger partial charge is 0.489 e. The van der Waals surface area contributed by atoms with E-state index >= 15 is 4.39 Å². The predicted octanol–water partition coefficient (Wildman–Crippen LogP) is 6.11. The van der Waals surface area contributed by atoms with E-state index in [-0.39, 0.29) is 60.9 Å². The molecule has 8 rings (SSSR count). The zero-order valence-electron chi connectivity index (χ0n) is 36.1. The fraction of sp³-hybridized carbons (Fsp3) is 0.404. The zero-order valence-corrected chi connectivity index (χ0v) is 36.1. The minimum atomic E-state index is -4.86. The molecule has 5 aromatic rings. The van der Waals surface area contributed by atoms with Crippen LogP contribution in [-0.2, 0) is 30.5 Å². The van der Waals surface area contributed by atoms with E-state index in [1.807, 2.05) is 6.07 Å². The highest BCUT2D eigenvalue weighted by molar-refractivity contribution is 5.95. The van der Waals surface area contributed by atoms with Crippen molar-refractivity contribution >= 4 is 28.3 Å². The van der Waals surface area contributed by atoms with Crippen molar-refractivity contribution in [3.8, 4) is 5.75 Å². The first-order chi connectivity index (χ1) is 31.7. The smallest absolute Gasteiger partial charge is 0.419 e. The van der Waals surface area contributed by atoms with Crippen molar-refractivity contribution in [2.45, 2.75) is 38.6 Å². The van der Waals surface area contributed by atoms with Gasteiger partial charge < -0.3 is 19.4 Å². The number of H-pyrrole nitrogens is 1. The molecule has 0 spiro atoms. The number of carbonyl (C=O) groups excluding carboxylic acids is 2. The molecule has 0 bridgehead atoms. The average molecular weight is 917 g/mol. The lowest BCUT2D eigenvalue weighted by atomic mass is 9.95. The maximum absolute atomic E-state index is 15.0. The number of amides is 2. The summed E-state index contributed by atoms with van der Waals surface area (Å²) in [4.78, 5) is 60.3. The van der Waals surface area contributed by atoms with Gasteiger partial charge in [0.2, 0.25) is 5.91 Å². The van der Waals surface area contributed by atoms with Crippen LogP contribution in [0.5, 0.6) is 5.75 Å². The highest BCUT2D eigenvalue weighted by atomic mass is 19.4. The molecule has 14 nitrogen and oxygen atoms in total. The normalized spacial score (nSPS) is 17.0. The number of nitro benzene ring substituents is 1. The third-order valence-electron chi connectivity index (χ3n) is 12.8. The second-order valence-corrected chi connectivity index (χ2v) is 17.2. The number of ether oxygens (including phenoxy) is 1. The zero-order chi connectivity index (χ0) is 46.5. The number of hydrogen-bond acceptors (Lipinski definition) is 10. The molecule has 348 valence electrons. The van der Waals surface area contributed by atoms with Crippen molar-refractivity contribution < 1.29 is 41.2 Å². The van der Waals surface area contributed by atoms with Gasteiger partial charge in [-0.2, -0.15) is 18.3 Å². The summed E-state index contributed by atoms with van der Waals surface area (Å²) in [7, 11) is 0. The van der Waals surface area contributed by atoms with Crippen molar-refractivity contribution in [2.75, 3.05) is 78.5 Å². The number of hydrogen-bond donors (Lipinski definition) is 1. The van der Waals surface area contributed by atoms with E-state index in [0.717, 1.165) is 64.7 Å². The maximum atomic E-state index is 15.0. The number of non-ortho nitro benzene ring substituents is 1. The van der Waals surface area contributed by atoms with Gasteiger partial charge in [0.15, 0.2) is 0 Å². The van der Waals surface area contributed by atoms with Crippen LogP contribution in [0.25, 0.3) is 10.8 Å². The number of aromatic nitrogens is 2. The number of alkyl halides is 3. The second-order valence-electron chi connectivity index (χ2n) is 17.2. The number of halogens is 5. The standard InChI is InChI=1S/C47H49F5N8O6/c48-40-8-5-32(25-42-36-3-1-2-4-37(36)45(62)54-53-42)23-38(40)46(63)59-21-19-58(20-22-59)44(61)29-57-17-15-56(16-18-57)27-31-11-13-55(14-12-31)28-34-26-35(60(64)65)7-10-43(34)66-30-33-6-9-41(49)39(24-33)47(50,51)52/h1-10,23-24,26,31H,11-22,25,27-30H2,(H,54,62). The van der Waals surface area contributed by atoms with E-state index in [2.05, 4.69) is 24.9 Å². The summed E-state index contributed by atoms with van der Waals surface area (Å²) >= 11 is 0. The van der Waals surface area contributed by atoms with Crippen LogP contribution < -0.4 is 10.3 Å². The maximum Gasteiger partial charge on any atom is 0.419 e. The van der Waals surface area contributed by atoms with E-state index in [0.29, 0.717) is 65.0 Å². The molecular weight excluding hydrogens is 868 g/mol. The molecule has 3 aliphatic rings. The van der Waals surface area contributed by atoms with Gasteiger partial charge >= 0.3 is 6.18 Å². The molecule has 0 aliphatic carbocycles. The summed E-state index contributed by atoms with van der Waals surface area (Å²) in [6.45, 7) is 7.03. The number of likely N-dealkylation sites (tertiary alicyclic amines) is 1. The summed E-state index contributed by atoms with van der Waals surface area (Å²) in [5.41, 5.74) is 0.0409. The summed E-state index contributed by atoms with van der Waals surface area (Å²) in [6.07, 6.45) is -2.78. The fourth-order valence-electron chi connectivity index (χ4n) is 9.01. The number of nitro groups is 1. The Bertz CT molecular complexity index is 2640. The van der Waals surface area contributed by atoms with Gasteiger partial charge in [0.25, 0.3) is 17.2 Å². The van der Waals surface area contributed by atoms with Gasteiger partial charge in [-0.1, -0.05) is 30.3 Å². The molecule has 1 N–H and O–H groups in total. The predicted molar refractivity (Wildman–Crippen MR) is 234 cm³/mol. The Balaban J connectivity index is 0.762. The molecular formula is C47H49F5N8O6. The van der Waals surface area contributed by atoms with E-state index in [1.54, 1.807) is 34.1 Å². The lowest BCUT2D eigenvalue weighted by molar-refractivity contribution is -0.385. The number of aromatic amines is 1. The number of carbonyl (C=O) groups is 2. The van der Waals surface area contributed by atoms with Gasteiger partial charge in [-0.3, -0.25) is 34.3 Å². The number of fused-ring (bicyclic) bond motifs is 1. The van der Waals surface area contributed by atoms with Gasteiger partial charge in [-0.15, -0.1) is 0 Å². The quantitative estimate of drug-likeness (QED) is 0.0834. The highest BCUT2D eigenvalue weighted by Crippen LogP contribution is 2.33. The van der Waals surface area contributed by atoms with Crippen molar-refractivity contribution in [3.05, 3.63) is 144 Å². The topological polar surface area (TPSA) is 148 Å². The molecule has 3 aliphatic heterocycles. The second kappa shape index (κ2) is 20.1. The van der Waals surface area contributed by atoms with Crippen LogP contribution in [0, 0.1) is 27.7 Å². The average Bonchev–Trinajstić information content (AvgIpc) is 3.31. The monoisotopic (exact) mass is 916 g/mol. The van der Waals surface area contributed by atoms with Gasteiger partial charge in [0, 0.05) is 95.0 Å². The summed E-state index contributed by atoms with van der Waals surface area (Å²) in [5, 5.41) is 19.5. The first kappa shape index (κ1) is 46.2. The summed E-state index contributed by atoms with van der Waals surface area (Å²) in [5.74, 6) is -1.74. The van der Waals surface area contributed by atoms with E-state index < -0.39 is 34.2 Å². The molecule has 3 saturated heterocycles. The lowest BCUT2D eigenvalue weighted by Gasteiger charge is -2.40. The van der Waals surface area contributed by atoms with Gasteiger partial charge in [0.05, 0.1) is 33.7 Å². The van der Waals surface area contributed by atoms with E-state index in [9.17, 15) is 42.1 Å². The Hall–Kier alpha value is -6.31. The number of piperazine rings is 2. The minimum absolute atomic E-state index is 0.0138. The van der Waals surface area contributed by atoms with Crippen molar-refractivity contribution in [1.82, 2.24) is 34.7 Å². The number of nitrogens with one attached hydrogen (secondary N) is 1. The van der Waals surface area contributed by atoms with Crippen LogP contribution in [0.2, 0.25) is 0 Å². The molecule has 0 saturated carbocycles. The molecule has 0 radical (unpaired) electrons. The Morgan fingerprint density at radius 3 is 2.15 bits per heavy atom. The van der Waals surface area contributed by atoms with Crippen LogP contribution >= 0.6 is 0 Å². The third-order valence-corrected chi connectivity index (χ3v) is 12.8.